The molecule has 9 heteroatoms. The molecular weight excluding hydrogens is 514 g/mol. The van der Waals surface area contributed by atoms with Crippen LogP contribution in [0.3, 0.4) is 0 Å². The largest absolute Gasteiger partial charge is 0.361 e. The van der Waals surface area contributed by atoms with Crippen LogP contribution in [0.2, 0.25) is 0 Å². The van der Waals surface area contributed by atoms with E-state index in [1.165, 1.54) is 0 Å². The van der Waals surface area contributed by atoms with Gasteiger partial charge in [0.25, 0.3) is 0 Å². The molecule has 1 saturated heterocycles. The first-order chi connectivity index (χ1) is 19.8. The summed E-state index contributed by atoms with van der Waals surface area (Å²) in [4.78, 5) is 41.6. The highest BCUT2D eigenvalue weighted by atomic mass is 16.2. The molecule has 0 spiro atoms. The number of para-hydroxylation sites is 1. The van der Waals surface area contributed by atoms with Crippen LogP contribution in [0.4, 0.5) is 0 Å². The maximum Gasteiger partial charge on any atom is 0.245 e. The first-order valence-electron chi connectivity index (χ1n) is 14.1. The number of nitrogens with two attached hydrogens (primary N) is 1. The van der Waals surface area contributed by atoms with Crippen LogP contribution in [0.1, 0.15) is 38.3 Å². The molecule has 0 bridgehead atoms. The smallest absolute Gasteiger partial charge is 0.245 e. The lowest BCUT2D eigenvalue weighted by molar-refractivity contribution is -0.138. The number of benzene rings is 2. The summed E-state index contributed by atoms with van der Waals surface area (Å²) in [6.07, 6.45) is 5.59. The molecular formula is C32H35N7O2. The molecule has 41 heavy (non-hydrogen) atoms. The number of hydrogen-bond donors (Lipinski definition) is 3. The van der Waals surface area contributed by atoms with Crippen LogP contribution >= 0.6 is 0 Å². The number of carbonyl (C=O) groups excluding carboxylic acids is 2. The molecule has 1 aliphatic heterocycles. The quantitative estimate of drug-likeness (QED) is 0.281. The van der Waals surface area contributed by atoms with E-state index in [4.69, 9.17) is 10.7 Å². The van der Waals surface area contributed by atoms with Gasteiger partial charge in [0.15, 0.2) is 5.65 Å². The number of nitrogens with one attached hydrogen (secondary N) is 2. The maximum atomic E-state index is 13.9. The van der Waals surface area contributed by atoms with Crippen molar-refractivity contribution in [1.29, 1.82) is 0 Å². The predicted octanol–water partition coefficient (Wildman–Crippen LogP) is 4.21. The van der Waals surface area contributed by atoms with E-state index in [1.54, 1.807) is 20.0 Å². The first-order valence-corrected chi connectivity index (χ1v) is 14.1. The second kappa shape index (κ2) is 10.8. The number of pyridine rings is 1. The van der Waals surface area contributed by atoms with Gasteiger partial charge in [-0.25, -0.2) is 9.97 Å². The Balaban J connectivity index is 1.24. The average Bonchev–Trinajstić information content (AvgIpc) is 3.58. The van der Waals surface area contributed by atoms with Gasteiger partial charge in [-0.3, -0.25) is 9.59 Å². The summed E-state index contributed by atoms with van der Waals surface area (Å²) in [5.41, 5.74) is 9.71. The van der Waals surface area contributed by atoms with Crippen molar-refractivity contribution in [2.24, 2.45) is 5.73 Å². The SMILES string of the molecule is CC(C)(N)C(=O)N[C@H](Cc1c[nH]c2ccccc12)C(=O)N1CCC(n2c(-c3ccccc3)nc3cccnc32)CC1. The van der Waals surface area contributed by atoms with Crippen LogP contribution in [-0.2, 0) is 16.0 Å². The molecule has 9 nitrogen and oxygen atoms in total. The number of hydrogen-bond acceptors (Lipinski definition) is 5. The molecule has 1 aliphatic rings. The van der Waals surface area contributed by atoms with E-state index >= 15 is 0 Å². The van der Waals surface area contributed by atoms with Crippen molar-refractivity contribution >= 4 is 33.9 Å². The fourth-order valence-electron chi connectivity index (χ4n) is 5.70. The van der Waals surface area contributed by atoms with Gasteiger partial charge < -0.3 is 25.5 Å². The van der Waals surface area contributed by atoms with Gasteiger partial charge in [-0.15, -0.1) is 0 Å². The Morgan fingerprint density at radius 1 is 1.05 bits per heavy atom. The van der Waals surface area contributed by atoms with Crippen LogP contribution in [0.15, 0.2) is 79.1 Å². The van der Waals surface area contributed by atoms with Gasteiger partial charge in [0.2, 0.25) is 11.8 Å². The minimum atomic E-state index is -1.10. The van der Waals surface area contributed by atoms with E-state index in [9.17, 15) is 9.59 Å². The molecule has 0 radical (unpaired) electrons. The van der Waals surface area contributed by atoms with E-state index in [-0.39, 0.29) is 17.9 Å². The normalized spacial score (nSPS) is 15.3. The van der Waals surface area contributed by atoms with E-state index in [0.717, 1.165) is 51.9 Å². The van der Waals surface area contributed by atoms with Crippen LogP contribution in [0.5, 0.6) is 0 Å². The Kier molecular flexibility index (Phi) is 7.05. The number of fused-ring (bicyclic) bond motifs is 2. The number of aromatic amines is 1. The van der Waals surface area contributed by atoms with Gasteiger partial charge in [0.05, 0.1) is 5.54 Å². The van der Waals surface area contributed by atoms with Crippen LogP contribution in [0.25, 0.3) is 33.5 Å². The number of piperidine rings is 1. The van der Waals surface area contributed by atoms with E-state index in [2.05, 4.69) is 32.0 Å². The Morgan fingerprint density at radius 2 is 1.78 bits per heavy atom. The number of likely N-dealkylation sites (tertiary alicyclic amines) is 1. The third kappa shape index (κ3) is 5.32. The molecule has 0 unspecified atom stereocenters. The highest BCUT2D eigenvalue weighted by Gasteiger charge is 2.34. The summed E-state index contributed by atoms with van der Waals surface area (Å²) < 4.78 is 2.23. The summed E-state index contributed by atoms with van der Waals surface area (Å²) >= 11 is 0. The topological polar surface area (TPSA) is 122 Å². The fraction of sp³-hybridized carbons (Fsp3) is 0.312. The number of aromatic nitrogens is 4. The fourth-order valence-corrected chi connectivity index (χ4v) is 5.70. The van der Waals surface area contributed by atoms with Crippen molar-refractivity contribution in [3.8, 4) is 11.4 Å². The number of carbonyl (C=O) groups is 2. The monoisotopic (exact) mass is 549 g/mol. The number of amides is 2. The highest BCUT2D eigenvalue weighted by molar-refractivity contribution is 5.92. The van der Waals surface area contributed by atoms with E-state index in [1.807, 2.05) is 65.7 Å². The highest BCUT2D eigenvalue weighted by Crippen LogP contribution is 2.33. The van der Waals surface area contributed by atoms with Gasteiger partial charge in [0.1, 0.15) is 17.4 Å². The second-order valence-corrected chi connectivity index (χ2v) is 11.4. The molecule has 1 atom stereocenters. The maximum absolute atomic E-state index is 13.9. The van der Waals surface area contributed by atoms with Gasteiger partial charge in [-0.2, -0.15) is 0 Å². The summed E-state index contributed by atoms with van der Waals surface area (Å²) in [7, 11) is 0. The number of nitrogens with zero attached hydrogens (tertiary/aromatic N) is 4. The minimum Gasteiger partial charge on any atom is -0.361 e. The van der Waals surface area contributed by atoms with Crippen molar-refractivity contribution in [1.82, 2.24) is 29.7 Å². The van der Waals surface area contributed by atoms with Crippen molar-refractivity contribution in [3.63, 3.8) is 0 Å². The Morgan fingerprint density at radius 3 is 2.54 bits per heavy atom. The zero-order chi connectivity index (χ0) is 28.6. The molecule has 210 valence electrons. The van der Waals surface area contributed by atoms with E-state index < -0.39 is 11.6 Å². The molecule has 2 amide bonds. The zero-order valence-electron chi connectivity index (χ0n) is 23.4. The third-order valence-electron chi connectivity index (χ3n) is 7.91. The number of H-pyrrole nitrogens is 1. The third-order valence-corrected chi connectivity index (χ3v) is 7.91. The molecule has 3 aromatic heterocycles. The van der Waals surface area contributed by atoms with Gasteiger partial charge >= 0.3 is 0 Å². The van der Waals surface area contributed by atoms with E-state index in [0.29, 0.717) is 19.5 Å². The standard InChI is InChI=1S/C32H35N7O2/c1-32(2,33)31(41)37-27(19-22-20-35-25-12-7-6-11-24(22)25)30(40)38-17-14-23(15-18-38)39-28(21-9-4-3-5-10-21)36-26-13-8-16-34-29(26)39/h3-13,16,20,23,27,35H,14-15,17-19,33H2,1-2H3,(H,37,41)/t27-/m1/s1. The summed E-state index contributed by atoms with van der Waals surface area (Å²) in [5, 5.41) is 4.00. The van der Waals surface area contributed by atoms with Gasteiger partial charge in [-0.05, 0) is 50.5 Å². The van der Waals surface area contributed by atoms with Crippen LogP contribution in [-0.4, -0.2) is 60.9 Å². The molecule has 0 aliphatic carbocycles. The van der Waals surface area contributed by atoms with Crippen LogP contribution < -0.4 is 11.1 Å². The summed E-state index contributed by atoms with van der Waals surface area (Å²) in [6.45, 7) is 4.43. The molecule has 5 aromatic rings. The summed E-state index contributed by atoms with van der Waals surface area (Å²) in [5.74, 6) is 0.441. The number of imidazole rings is 1. The number of rotatable bonds is 7. The molecule has 4 N–H and O–H groups in total. The molecule has 4 heterocycles. The average molecular weight is 550 g/mol. The Bertz CT molecular complexity index is 1690. The van der Waals surface area contributed by atoms with Gasteiger partial charge in [0, 0.05) is 54.4 Å². The van der Waals surface area contributed by atoms with Crippen LogP contribution in [0, 0.1) is 0 Å². The minimum absolute atomic E-state index is 0.0942. The second-order valence-electron chi connectivity index (χ2n) is 11.4. The van der Waals surface area contributed by atoms with Crippen molar-refractivity contribution in [2.75, 3.05) is 13.1 Å². The Hall–Kier alpha value is -4.50. The van der Waals surface area contributed by atoms with Crippen molar-refractivity contribution in [2.45, 2.75) is 50.7 Å². The van der Waals surface area contributed by atoms with Gasteiger partial charge in [-0.1, -0.05) is 48.5 Å². The molecule has 2 aromatic carbocycles. The lowest BCUT2D eigenvalue weighted by Gasteiger charge is -2.36. The lowest BCUT2D eigenvalue weighted by Crippen LogP contribution is -2.57. The molecule has 0 saturated carbocycles. The first kappa shape index (κ1) is 26.7. The van der Waals surface area contributed by atoms with Crippen molar-refractivity contribution in [3.05, 3.63) is 84.7 Å². The lowest BCUT2D eigenvalue weighted by atomic mass is 9.99. The van der Waals surface area contributed by atoms with Crippen molar-refractivity contribution < 1.29 is 9.59 Å². The zero-order valence-corrected chi connectivity index (χ0v) is 23.4. The predicted molar refractivity (Wildman–Crippen MR) is 160 cm³/mol. The Labute approximate surface area is 238 Å². The summed E-state index contributed by atoms with van der Waals surface area (Å²) in [6, 6.07) is 21.4. The molecule has 6 rings (SSSR count). The molecule has 1 fully saturated rings.